The SMILES string of the molecule is NC(=O)C1CCCC1c1cn(C(=O)O)cn1. The zero-order valence-electron chi connectivity index (χ0n) is 8.67. The lowest BCUT2D eigenvalue weighted by Crippen LogP contribution is -2.25. The second kappa shape index (κ2) is 3.96. The zero-order chi connectivity index (χ0) is 11.7. The molecule has 0 bridgehead atoms. The minimum absolute atomic E-state index is 0.0295. The average Bonchev–Trinajstić information content (AvgIpc) is 2.86. The molecule has 1 heterocycles. The van der Waals surface area contributed by atoms with E-state index in [0.29, 0.717) is 5.69 Å². The number of nitrogens with two attached hydrogens (primary N) is 1. The van der Waals surface area contributed by atoms with Gasteiger partial charge in [0.15, 0.2) is 0 Å². The molecule has 0 radical (unpaired) electrons. The summed E-state index contributed by atoms with van der Waals surface area (Å²) in [5.41, 5.74) is 5.94. The van der Waals surface area contributed by atoms with Crippen molar-refractivity contribution in [2.45, 2.75) is 25.2 Å². The highest BCUT2D eigenvalue weighted by molar-refractivity contribution is 5.78. The normalized spacial score (nSPS) is 24.5. The summed E-state index contributed by atoms with van der Waals surface area (Å²) in [4.78, 5) is 25.9. The fourth-order valence-electron chi connectivity index (χ4n) is 2.29. The Morgan fingerprint density at radius 3 is 2.81 bits per heavy atom. The quantitative estimate of drug-likeness (QED) is 0.773. The first kappa shape index (κ1) is 10.7. The third kappa shape index (κ3) is 1.78. The van der Waals surface area contributed by atoms with E-state index in [-0.39, 0.29) is 17.7 Å². The number of hydrogen-bond acceptors (Lipinski definition) is 3. The first-order chi connectivity index (χ1) is 7.59. The van der Waals surface area contributed by atoms with Crippen LogP contribution in [0.15, 0.2) is 12.5 Å². The fraction of sp³-hybridized carbons (Fsp3) is 0.500. The van der Waals surface area contributed by atoms with Crippen molar-refractivity contribution in [3.63, 3.8) is 0 Å². The molecule has 1 saturated carbocycles. The van der Waals surface area contributed by atoms with E-state index in [1.165, 1.54) is 12.5 Å². The highest BCUT2D eigenvalue weighted by atomic mass is 16.4. The third-order valence-electron chi connectivity index (χ3n) is 3.08. The van der Waals surface area contributed by atoms with Gasteiger partial charge in [-0.25, -0.2) is 14.3 Å². The Kier molecular flexibility index (Phi) is 2.64. The summed E-state index contributed by atoms with van der Waals surface area (Å²) in [6.07, 6.45) is 4.15. The van der Waals surface area contributed by atoms with Gasteiger partial charge in [0, 0.05) is 18.0 Å². The van der Waals surface area contributed by atoms with Gasteiger partial charge in [0.25, 0.3) is 0 Å². The standard InChI is InChI=1S/C10H13N3O3/c11-9(14)7-3-1-2-6(7)8-4-13(5-12-8)10(15)16/h4-7H,1-3H2,(H2,11,14)(H,15,16). The molecule has 6 heteroatoms. The average molecular weight is 223 g/mol. The number of imidazole rings is 1. The van der Waals surface area contributed by atoms with Crippen LogP contribution < -0.4 is 5.73 Å². The van der Waals surface area contributed by atoms with Gasteiger partial charge in [-0.2, -0.15) is 0 Å². The second-order valence-corrected chi connectivity index (χ2v) is 4.03. The van der Waals surface area contributed by atoms with E-state index in [2.05, 4.69) is 4.98 Å². The largest absolute Gasteiger partial charge is 0.464 e. The lowest BCUT2D eigenvalue weighted by Gasteiger charge is -2.13. The molecule has 16 heavy (non-hydrogen) atoms. The Bertz CT molecular complexity index is 427. The summed E-state index contributed by atoms with van der Waals surface area (Å²) < 4.78 is 0.992. The minimum atomic E-state index is -1.08. The monoisotopic (exact) mass is 223 g/mol. The van der Waals surface area contributed by atoms with Crippen LogP contribution in [-0.2, 0) is 4.79 Å². The van der Waals surface area contributed by atoms with Crippen LogP contribution in [-0.4, -0.2) is 26.7 Å². The summed E-state index contributed by atoms with van der Waals surface area (Å²) in [7, 11) is 0. The smallest absolute Gasteiger partial charge is 0.416 e. The van der Waals surface area contributed by atoms with Gasteiger partial charge >= 0.3 is 6.09 Å². The number of carboxylic acid groups (broad SMARTS) is 1. The topological polar surface area (TPSA) is 98.2 Å². The van der Waals surface area contributed by atoms with Crippen LogP contribution in [0, 0.1) is 5.92 Å². The van der Waals surface area contributed by atoms with E-state index in [4.69, 9.17) is 10.8 Å². The van der Waals surface area contributed by atoms with Crippen molar-refractivity contribution in [1.29, 1.82) is 0 Å². The predicted molar refractivity (Wildman–Crippen MR) is 54.9 cm³/mol. The molecule has 1 aromatic heterocycles. The molecule has 0 saturated heterocycles. The number of amides is 1. The Labute approximate surface area is 92.1 Å². The molecular formula is C10H13N3O3. The maximum atomic E-state index is 11.2. The molecule has 1 aliphatic carbocycles. The maximum absolute atomic E-state index is 11.2. The molecule has 1 aliphatic rings. The van der Waals surface area contributed by atoms with Crippen LogP contribution in [0.5, 0.6) is 0 Å². The zero-order valence-corrected chi connectivity index (χ0v) is 8.67. The summed E-state index contributed by atoms with van der Waals surface area (Å²) in [5.74, 6) is -0.567. The first-order valence-electron chi connectivity index (χ1n) is 5.16. The highest BCUT2D eigenvalue weighted by Gasteiger charge is 2.34. The Morgan fingerprint density at radius 1 is 1.50 bits per heavy atom. The van der Waals surface area contributed by atoms with Gasteiger partial charge < -0.3 is 10.8 Å². The number of nitrogens with zero attached hydrogens (tertiary/aromatic N) is 2. The molecule has 2 rings (SSSR count). The molecule has 2 atom stereocenters. The Hall–Kier alpha value is -1.85. The molecule has 1 aromatic rings. The minimum Gasteiger partial charge on any atom is -0.464 e. The second-order valence-electron chi connectivity index (χ2n) is 4.03. The van der Waals surface area contributed by atoms with E-state index < -0.39 is 6.09 Å². The molecule has 3 N–H and O–H groups in total. The molecule has 86 valence electrons. The van der Waals surface area contributed by atoms with Gasteiger partial charge in [0.05, 0.1) is 5.69 Å². The van der Waals surface area contributed by atoms with Gasteiger partial charge in [0.2, 0.25) is 5.91 Å². The molecule has 6 nitrogen and oxygen atoms in total. The van der Waals surface area contributed by atoms with Crippen molar-refractivity contribution in [2.75, 3.05) is 0 Å². The molecule has 1 amide bonds. The van der Waals surface area contributed by atoms with Crippen molar-refractivity contribution >= 4 is 12.0 Å². The number of aromatic nitrogens is 2. The third-order valence-corrected chi connectivity index (χ3v) is 3.08. The van der Waals surface area contributed by atoms with Crippen LogP contribution in [0.2, 0.25) is 0 Å². The summed E-state index contributed by atoms with van der Waals surface area (Å²) in [6.45, 7) is 0. The van der Waals surface area contributed by atoms with Crippen LogP contribution in [0.25, 0.3) is 0 Å². The number of hydrogen-bond donors (Lipinski definition) is 2. The molecular weight excluding hydrogens is 210 g/mol. The van der Waals surface area contributed by atoms with E-state index in [1.54, 1.807) is 0 Å². The summed E-state index contributed by atoms with van der Waals surface area (Å²) >= 11 is 0. The molecule has 1 fully saturated rings. The Morgan fingerprint density at radius 2 is 2.25 bits per heavy atom. The van der Waals surface area contributed by atoms with Crippen LogP contribution >= 0.6 is 0 Å². The number of carbonyl (C=O) groups excluding carboxylic acids is 1. The van der Waals surface area contributed by atoms with Gasteiger partial charge in [-0.05, 0) is 12.8 Å². The van der Waals surface area contributed by atoms with Crippen LogP contribution in [0.4, 0.5) is 4.79 Å². The highest BCUT2D eigenvalue weighted by Crippen LogP contribution is 2.38. The van der Waals surface area contributed by atoms with Crippen LogP contribution in [0.3, 0.4) is 0 Å². The van der Waals surface area contributed by atoms with Crippen LogP contribution in [0.1, 0.15) is 30.9 Å². The number of primary amides is 1. The summed E-state index contributed by atoms with van der Waals surface area (Å²) in [5, 5.41) is 8.75. The molecule has 0 aliphatic heterocycles. The van der Waals surface area contributed by atoms with Gasteiger partial charge in [-0.1, -0.05) is 6.42 Å². The predicted octanol–water partition coefficient (Wildman–Crippen LogP) is 0.778. The molecule has 0 aromatic carbocycles. The van der Waals surface area contributed by atoms with E-state index in [0.717, 1.165) is 23.8 Å². The van der Waals surface area contributed by atoms with Crippen molar-refractivity contribution in [3.05, 3.63) is 18.2 Å². The van der Waals surface area contributed by atoms with Crippen molar-refractivity contribution < 1.29 is 14.7 Å². The van der Waals surface area contributed by atoms with Crippen molar-refractivity contribution in [2.24, 2.45) is 11.7 Å². The van der Waals surface area contributed by atoms with Gasteiger partial charge in [0.1, 0.15) is 6.33 Å². The van der Waals surface area contributed by atoms with E-state index in [9.17, 15) is 9.59 Å². The molecule has 2 unspecified atom stereocenters. The first-order valence-corrected chi connectivity index (χ1v) is 5.16. The van der Waals surface area contributed by atoms with Gasteiger partial charge in [-0.3, -0.25) is 4.79 Å². The maximum Gasteiger partial charge on any atom is 0.416 e. The van der Waals surface area contributed by atoms with E-state index >= 15 is 0 Å². The lowest BCUT2D eigenvalue weighted by atomic mass is 9.93. The fourth-order valence-corrected chi connectivity index (χ4v) is 2.29. The van der Waals surface area contributed by atoms with Crippen molar-refractivity contribution in [3.8, 4) is 0 Å². The van der Waals surface area contributed by atoms with Crippen molar-refractivity contribution in [1.82, 2.24) is 9.55 Å². The summed E-state index contributed by atoms with van der Waals surface area (Å²) in [6, 6.07) is 0. The Balaban J connectivity index is 2.22. The number of carbonyl (C=O) groups is 2. The lowest BCUT2D eigenvalue weighted by molar-refractivity contribution is -0.122. The molecule has 0 spiro atoms. The van der Waals surface area contributed by atoms with Gasteiger partial charge in [-0.15, -0.1) is 0 Å². The number of rotatable bonds is 2. The van der Waals surface area contributed by atoms with E-state index in [1.807, 2.05) is 0 Å².